The normalized spacial score (nSPS) is 11.1. The van der Waals surface area contributed by atoms with E-state index in [-0.39, 0.29) is 12.4 Å². The lowest BCUT2D eigenvalue weighted by Gasteiger charge is -2.11. The Morgan fingerprint density at radius 3 is 2.45 bits per heavy atom. The van der Waals surface area contributed by atoms with Gasteiger partial charge >= 0.3 is 0 Å². The number of halogens is 1. The fourth-order valence-corrected chi connectivity index (χ4v) is 2.03. The summed E-state index contributed by atoms with van der Waals surface area (Å²) >= 11 is 0. The molecule has 112 valence electrons. The summed E-state index contributed by atoms with van der Waals surface area (Å²) in [6, 6.07) is 2.87. The van der Waals surface area contributed by atoms with E-state index in [2.05, 4.69) is 55.5 Å². The Labute approximate surface area is 126 Å². The van der Waals surface area contributed by atoms with Gasteiger partial charge in [0.2, 0.25) is 0 Å². The molecule has 2 aromatic heterocycles. The van der Waals surface area contributed by atoms with Gasteiger partial charge in [-0.25, -0.2) is 0 Å². The molecule has 0 aliphatic rings. The largest absolute Gasteiger partial charge is 0.307 e. The molecule has 0 aromatic carbocycles. The van der Waals surface area contributed by atoms with E-state index in [0.717, 1.165) is 13.1 Å². The minimum atomic E-state index is 0. The van der Waals surface area contributed by atoms with Crippen molar-refractivity contribution in [3.8, 4) is 0 Å². The highest BCUT2D eigenvalue weighted by Gasteiger charge is 2.06. The Morgan fingerprint density at radius 1 is 1.10 bits per heavy atom. The molecule has 0 saturated carbocycles. The number of nitrogens with one attached hydrogen (secondary N) is 1. The lowest BCUT2D eigenvalue weighted by molar-refractivity contribution is 0.495. The van der Waals surface area contributed by atoms with Gasteiger partial charge in [-0.2, -0.15) is 10.2 Å². The highest BCUT2D eigenvalue weighted by molar-refractivity contribution is 5.85. The summed E-state index contributed by atoms with van der Waals surface area (Å²) in [6.07, 6.45) is 5.87. The number of aromatic nitrogens is 4. The molecule has 2 aromatic rings. The summed E-state index contributed by atoms with van der Waals surface area (Å²) in [5.74, 6) is 0. The number of hydrogen-bond donors (Lipinski definition) is 1. The van der Waals surface area contributed by atoms with Crippen LogP contribution in [0.5, 0.6) is 0 Å². The van der Waals surface area contributed by atoms with Gasteiger partial charge in [0, 0.05) is 43.1 Å². The van der Waals surface area contributed by atoms with Gasteiger partial charge in [-0.3, -0.25) is 9.36 Å². The molecule has 1 N–H and O–H groups in total. The molecule has 0 aliphatic carbocycles. The van der Waals surface area contributed by atoms with Crippen LogP contribution < -0.4 is 5.32 Å². The maximum absolute atomic E-state index is 4.34. The van der Waals surface area contributed by atoms with Crippen molar-refractivity contribution in [3.63, 3.8) is 0 Å². The second-order valence-corrected chi connectivity index (χ2v) is 5.39. The van der Waals surface area contributed by atoms with Gasteiger partial charge < -0.3 is 5.32 Å². The topological polar surface area (TPSA) is 47.7 Å². The summed E-state index contributed by atoms with van der Waals surface area (Å²) in [5.41, 5.74) is 2.43. The van der Waals surface area contributed by atoms with Crippen molar-refractivity contribution in [1.29, 1.82) is 0 Å². The third-order valence-electron chi connectivity index (χ3n) is 3.06. The fourth-order valence-electron chi connectivity index (χ4n) is 2.03. The lowest BCUT2D eigenvalue weighted by atomic mass is 10.3. The van der Waals surface area contributed by atoms with Gasteiger partial charge in [-0.05, 0) is 33.8 Å². The predicted molar refractivity (Wildman–Crippen MR) is 83.0 cm³/mol. The summed E-state index contributed by atoms with van der Waals surface area (Å²) in [7, 11) is 0. The zero-order valence-electron chi connectivity index (χ0n) is 12.6. The lowest BCUT2D eigenvalue weighted by Crippen LogP contribution is -2.17. The average Bonchev–Trinajstić information content (AvgIpc) is 2.97. The van der Waals surface area contributed by atoms with Crippen molar-refractivity contribution < 1.29 is 0 Å². The Hall–Kier alpha value is -1.33. The van der Waals surface area contributed by atoms with Crippen LogP contribution in [-0.2, 0) is 13.1 Å². The standard InChI is InChI=1S/C14H23N5.ClH/c1-11(2)18-10-13(8-17-18)7-15-9-14-5-6-16-19(14)12(3)4;/h5-6,8,10-12,15H,7,9H2,1-4H3;1H. The van der Waals surface area contributed by atoms with Crippen molar-refractivity contribution in [1.82, 2.24) is 24.9 Å². The zero-order valence-corrected chi connectivity index (χ0v) is 13.4. The van der Waals surface area contributed by atoms with Crippen LogP contribution in [-0.4, -0.2) is 19.6 Å². The van der Waals surface area contributed by atoms with Crippen LogP contribution in [0.3, 0.4) is 0 Å². The summed E-state index contributed by atoms with van der Waals surface area (Å²) < 4.78 is 4.03. The second kappa shape index (κ2) is 7.45. The SMILES string of the molecule is CC(C)n1cc(CNCc2ccnn2C(C)C)cn1.Cl. The van der Waals surface area contributed by atoms with E-state index in [1.54, 1.807) is 0 Å². The quantitative estimate of drug-likeness (QED) is 0.892. The number of hydrogen-bond acceptors (Lipinski definition) is 3. The third-order valence-corrected chi connectivity index (χ3v) is 3.06. The molecule has 5 nitrogen and oxygen atoms in total. The first-order valence-corrected chi connectivity index (χ1v) is 6.84. The van der Waals surface area contributed by atoms with E-state index >= 15 is 0 Å². The smallest absolute Gasteiger partial charge is 0.0534 e. The van der Waals surface area contributed by atoms with E-state index in [1.165, 1.54) is 11.3 Å². The van der Waals surface area contributed by atoms with Crippen molar-refractivity contribution >= 4 is 12.4 Å². The molecule has 2 rings (SSSR count). The van der Waals surface area contributed by atoms with E-state index in [4.69, 9.17) is 0 Å². The van der Waals surface area contributed by atoms with Gasteiger partial charge in [-0.15, -0.1) is 12.4 Å². The van der Waals surface area contributed by atoms with Gasteiger partial charge in [0.05, 0.1) is 11.9 Å². The second-order valence-electron chi connectivity index (χ2n) is 5.39. The maximum atomic E-state index is 4.34. The molecule has 20 heavy (non-hydrogen) atoms. The Kier molecular flexibility index (Phi) is 6.23. The molecule has 0 saturated heterocycles. The highest BCUT2D eigenvalue weighted by Crippen LogP contribution is 2.08. The molecule has 6 heteroatoms. The number of nitrogens with zero attached hydrogens (tertiary/aromatic N) is 4. The Bertz CT molecular complexity index is 515. The molecule has 2 heterocycles. The van der Waals surface area contributed by atoms with Crippen molar-refractivity contribution in [3.05, 3.63) is 35.9 Å². The van der Waals surface area contributed by atoms with E-state index in [0.29, 0.717) is 12.1 Å². The minimum Gasteiger partial charge on any atom is -0.307 e. The third kappa shape index (κ3) is 4.08. The van der Waals surface area contributed by atoms with Crippen molar-refractivity contribution in [2.45, 2.75) is 52.9 Å². The van der Waals surface area contributed by atoms with Crippen LogP contribution in [0.15, 0.2) is 24.7 Å². The highest BCUT2D eigenvalue weighted by atomic mass is 35.5. The van der Waals surface area contributed by atoms with Crippen LogP contribution in [0.25, 0.3) is 0 Å². The van der Waals surface area contributed by atoms with Gasteiger partial charge in [0.15, 0.2) is 0 Å². The molecule has 0 spiro atoms. The van der Waals surface area contributed by atoms with E-state index in [9.17, 15) is 0 Å². The van der Waals surface area contributed by atoms with Gasteiger partial charge in [0.1, 0.15) is 0 Å². The number of rotatable bonds is 6. The minimum absolute atomic E-state index is 0. The van der Waals surface area contributed by atoms with Crippen LogP contribution >= 0.6 is 12.4 Å². The molecule has 0 radical (unpaired) electrons. The van der Waals surface area contributed by atoms with E-state index < -0.39 is 0 Å². The fraction of sp³-hybridized carbons (Fsp3) is 0.571. The van der Waals surface area contributed by atoms with Crippen LogP contribution in [0.1, 0.15) is 51.0 Å². The molecule has 0 unspecified atom stereocenters. The average molecular weight is 298 g/mol. The summed E-state index contributed by atoms with van der Waals surface area (Å²) in [5, 5.41) is 12.1. The Morgan fingerprint density at radius 2 is 1.85 bits per heavy atom. The van der Waals surface area contributed by atoms with Crippen LogP contribution in [0.4, 0.5) is 0 Å². The molecule has 0 amide bonds. The van der Waals surface area contributed by atoms with Crippen LogP contribution in [0, 0.1) is 0 Å². The maximum Gasteiger partial charge on any atom is 0.0534 e. The molecular formula is C14H24ClN5. The van der Waals surface area contributed by atoms with Gasteiger partial charge in [0.25, 0.3) is 0 Å². The molecule has 0 atom stereocenters. The monoisotopic (exact) mass is 297 g/mol. The summed E-state index contributed by atoms with van der Waals surface area (Å²) in [4.78, 5) is 0. The summed E-state index contributed by atoms with van der Waals surface area (Å²) in [6.45, 7) is 10.2. The van der Waals surface area contributed by atoms with Crippen molar-refractivity contribution in [2.24, 2.45) is 0 Å². The molecular weight excluding hydrogens is 274 g/mol. The zero-order chi connectivity index (χ0) is 13.8. The first-order chi connectivity index (χ1) is 9.08. The molecule has 0 bridgehead atoms. The van der Waals surface area contributed by atoms with E-state index in [1.807, 2.05) is 21.8 Å². The predicted octanol–water partition coefficient (Wildman–Crippen LogP) is 2.95. The van der Waals surface area contributed by atoms with Crippen molar-refractivity contribution in [2.75, 3.05) is 0 Å². The van der Waals surface area contributed by atoms with Crippen LogP contribution in [0.2, 0.25) is 0 Å². The van der Waals surface area contributed by atoms with Gasteiger partial charge in [-0.1, -0.05) is 0 Å². The molecule has 0 aliphatic heterocycles. The Balaban J connectivity index is 0.00000200. The first kappa shape index (κ1) is 16.7. The molecule has 0 fully saturated rings. The first-order valence-electron chi connectivity index (χ1n) is 6.84.